The van der Waals surface area contributed by atoms with E-state index in [0.717, 1.165) is 12.1 Å². The van der Waals surface area contributed by atoms with Crippen LogP contribution in [0.25, 0.3) is 0 Å². The van der Waals surface area contributed by atoms with Crippen molar-refractivity contribution < 1.29 is 19.3 Å². The molecule has 17 heavy (non-hydrogen) atoms. The standard InChI is InChI=1S/C9H10FN3O4/c10-7-5-6(1-2-8(7)13(15)16)17-4-3-9(11)12-14/h1-2,5,14H,3-4H2,(H2,11,12). The Morgan fingerprint density at radius 1 is 1.65 bits per heavy atom. The van der Waals surface area contributed by atoms with Gasteiger partial charge in [-0.25, -0.2) is 0 Å². The van der Waals surface area contributed by atoms with Crippen LogP contribution in [0, 0.1) is 15.9 Å². The molecule has 0 bridgehead atoms. The first kappa shape index (κ1) is 12.7. The number of nitrogens with zero attached hydrogens (tertiary/aromatic N) is 2. The van der Waals surface area contributed by atoms with Crippen LogP contribution in [-0.2, 0) is 0 Å². The summed E-state index contributed by atoms with van der Waals surface area (Å²) in [4.78, 5) is 9.52. The van der Waals surface area contributed by atoms with E-state index in [1.165, 1.54) is 6.07 Å². The molecular weight excluding hydrogens is 233 g/mol. The molecule has 3 N–H and O–H groups in total. The van der Waals surface area contributed by atoms with Crippen molar-refractivity contribution in [1.82, 2.24) is 0 Å². The molecule has 0 saturated carbocycles. The molecule has 1 aromatic carbocycles. The molecule has 7 nitrogen and oxygen atoms in total. The summed E-state index contributed by atoms with van der Waals surface area (Å²) >= 11 is 0. The molecule has 0 atom stereocenters. The largest absolute Gasteiger partial charge is 0.493 e. The first-order valence-corrected chi connectivity index (χ1v) is 4.57. The highest BCUT2D eigenvalue weighted by atomic mass is 19.1. The number of hydrogen-bond acceptors (Lipinski definition) is 5. The molecule has 8 heteroatoms. The van der Waals surface area contributed by atoms with E-state index >= 15 is 0 Å². The van der Waals surface area contributed by atoms with Crippen molar-refractivity contribution in [1.29, 1.82) is 0 Å². The van der Waals surface area contributed by atoms with Crippen LogP contribution in [0.15, 0.2) is 23.4 Å². The Morgan fingerprint density at radius 2 is 2.35 bits per heavy atom. The van der Waals surface area contributed by atoms with Crippen LogP contribution in [-0.4, -0.2) is 22.6 Å². The second-order valence-corrected chi connectivity index (χ2v) is 3.06. The molecule has 0 aliphatic rings. The predicted molar refractivity (Wildman–Crippen MR) is 56.6 cm³/mol. The zero-order chi connectivity index (χ0) is 12.8. The Balaban J connectivity index is 2.62. The Kier molecular flexibility index (Phi) is 4.21. The van der Waals surface area contributed by atoms with E-state index < -0.39 is 16.4 Å². The van der Waals surface area contributed by atoms with Gasteiger partial charge in [0.05, 0.1) is 11.5 Å². The summed E-state index contributed by atoms with van der Waals surface area (Å²) in [5.74, 6) is -0.859. The number of oxime groups is 1. The minimum atomic E-state index is -0.976. The SMILES string of the molecule is NC(CCOc1ccc([N+](=O)[O-])c(F)c1)=NO. The minimum absolute atomic E-state index is 0.0209. The zero-order valence-corrected chi connectivity index (χ0v) is 8.67. The molecule has 0 unspecified atom stereocenters. The van der Waals surface area contributed by atoms with Gasteiger partial charge in [-0.3, -0.25) is 10.1 Å². The average molecular weight is 243 g/mol. The molecule has 0 fully saturated rings. The Morgan fingerprint density at radius 3 is 2.88 bits per heavy atom. The molecule has 0 aliphatic heterocycles. The van der Waals surface area contributed by atoms with Gasteiger partial charge in [0.2, 0.25) is 5.82 Å². The number of benzene rings is 1. The van der Waals surface area contributed by atoms with Crippen molar-refractivity contribution in [2.75, 3.05) is 6.61 Å². The summed E-state index contributed by atoms with van der Waals surface area (Å²) in [7, 11) is 0. The molecule has 0 spiro atoms. The molecule has 1 rings (SSSR count). The second-order valence-electron chi connectivity index (χ2n) is 3.06. The van der Waals surface area contributed by atoms with E-state index in [1.807, 2.05) is 0 Å². The second kappa shape index (κ2) is 5.64. The smallest absolute Gasteiger partial charge is 0.305 e. The zero-order valence-electron chi connectivity index (χ0n) is 8.67. The van der Waals surface area contributed by atoms with E-state index in [-0.39, 0.29) is 24.6 Å². The molecule has 0 heterocycles. The molecule has 1 aromatic rings. The number of nitro benzene ring substituents is 1. The van der Waals surface area contributed by atoms with Crippen molar-refractivity contribution in [3.8, 4) is 5.75 Å². The maximum absolute atomic E-state index is 13.1. The first-order valence-electron chi connectivity index (χ1n) is 4.57. The quantitative estimate of drug-likeness (QED) is 0.266. The van der Waals surface area contributed by atoms with Crippen LogP contribution in [0.5, 0.6) is 5.75 Å². The Bertz CT molecular complexity index is 450. The minimum Gasteiger partial charge on any atom is -0.493 e. The highest BCUT2D eigenvalue weighted by Gasteiger charge is 2.14. The van der Waals surface area contributed by atoms with Crippen LogP contribution < -0.4 is 10.5 Å². The van der Waals surface area contributed by atoms with Gasteiger partial charge in [0, 0.05) is 18.6 Å². The number of halogens is 1. The fourth-order valence-corrected chi connectivity index (χ4v) is 1.05. The number of hydrogen-bond donors (Lipinski definition) is 2. The van der Waals surface area contributed by atoms with Gasteiger partial charge in [0.25, 0.3) is 0 Å². The molecule has 0 amide bonds. The van der Waals surface area contributed by atoms with Crippen molar-refractivity contribution in [3.63, 3.8) is 0 Å². The summed E-state index contributed by atoms with van der Waals surface area (Å²) < 4.78 is 18.2. The van der Waals surface area contributed by atoms with Crippen LogP contribution in [0.2, 0.25) is 0 Å². The maximum Gasteiger partial charge on any atom is 0.305 e. The van der Waals surface area contributed by atoms with E-state index in [4.69, 9.17) is 15.7 Å². The van der Waals surface area contributed by atoms with Crippen molar-refractivity contribution in [2.24, 2.45) is 10.9 Å². The molecule has 92 valence electrons. The number of nitro groups is 1. The first-order chi connectivity index (χ1) is 8.04. The van der Waals surface area contributed by atoms with E-state index in [0.29, 0.717) is 0 Å². The van der Waals surface area contributed by atoms with Gasteiger partial charge in [-0.2, -0.15) is 4.39 Å². The van der Waals surface area contributed by atoms with E-state index in [1.54, 1.807) is 0 Å². The van der Waals surface area contributed by atoms with Gasteiger partial charge in [-0.15, -0.1) is 0 Å². The topological polar surface area (TPSA) is 111 Å². The fourth-order valence-electron chi connectivity index (χ4n) is 1.05. The highest BCUT2D eigenvalue weighted by Crippen LogP contribution is 2.22. The van der Waals surface area contributed by atoms with Gasteiger partial charge in [-0.1, -0.05) is 5.16 Å². The van der Waals surface area contributed by atoms with Crippen LogP contribution in [0.1, 0.15) is 6.42 Å². The highest BCUT2D eigenvalue weighted by molar-refractivity contribution is 5.79. The normalized spacial score (nSPS) is 11.2. The lowest BCUT2D eigenvalue weighted by Crippen LogP contribution is -2.15. The fraction of sp³-hybridized carbons (Fsp3) is 0.222. The predicted octanol–water partition coefficient (Wildman–Crippen LogP) is 1.25. The van der Waals surface area contributed by atoms with Gasteiger partial charge in [0.1, 0.15) is 11.6 Å². The number of rotatable bonds is 5. The third-order valence-electron chi connectivity index (χ3n) is 1.87. The lowest BCUT2D eigenvalue weighted by Gasteiger charge is -2.05. The summed E-state index contributed by atoms with van der Waals surface area (Å²) in [6.07, 6.45) is 0.162. The molecule has 0 aliphatic carbocycles. The third kappa shape index (κ3) is 3.59. The number of ether oxygens (including phenoxy) is 1. The maximum atomic E-state index is 13.1. The number of amidine groups is 1. The summed E-state index contributed by atoms with van der Waals surface area (Å²) in [5.41, 5.74) is 4.57. The summed E-state index contributed by atoms with van der Waals surface area (Å²) in [6.45, 7) is 0.0765. The molecule has 0 saturated heterocycles. The van der Waals surface area contributed by atoms with Gasteiger partial charge < -0.3 is 15.7 Å². The Hall–Kier alpha value is -2.38. The summed E-state index contributed by atoms with van der Waals surface area (Å²) in [6, 6.07) is 3.19. The van der Waals surface area contributed by atoms with Crippen LogP contribution in [0.4, 0.5) is 10.1 Å². The van der Waals surface area contributed by atoms with Gasteiger partial charge >= 0.3 is 5.69 Å². The lowest BCUT2D eigenvalue weighted by molar-refractivity contribution is -0.387. The van der Waals surface area contributed by atoms with Crippen LogP contribution >= 0.6 is 0 Å². The Labute approximate surface area is 95.4 Å². The van der Waals surface area contributed by atoms with Crippen LogP contribution in [0.3, 0.4) is 0 Å². The van der Waals surface area contributed by atoms with Crippen molar-refractivity contribution in [3.05, 3.63) is 34.1 Å². The molecule has 0 radical (unpaired) electrons. The van der Waals surface area contributed by atoms with Crippen molar-refractivity contribution >= 4 is 11.5 Å². The van der Waals surface area contributed by atoms with E-state index in [2.05, 4.69) is 5.16 Å². The van der Waals surface area contributed by atoms with Crippen molar-refractivity contribution in [2.45, 2.75) is 6.42 Å². The lowest BCUT2D eigenvalue weighted by atomic mass is 10.3. The van der Waals surface area contributed by atoms with Gasteiger partial charge in [0.15, 0.2) is 0 Å². The molecular formula is C9H10FN3O4. The third-order valence-corrected chi connectivity index (χ3v) is 1.87. The van der Waals surface area contributed by atoms with E-state index in [9.17, 15) is 14.5 Å². The monoisotopic (exact) mass is 243 g/mol. The number of nitrogens with two attached hydrogens (primary N) is 1. The average Bonchev–Trinajstić information content (AvgIpc) is 2.28. The molecule has 0 aromatic heterocycles. The summed E-state index contributed by atoms with van der Waals surface area (Å²) in [5, 5.41) is 21.3. The van der Waals surface area contributed by atoms with Gasteiger partial charge in [-0.05, 0) is 6.07 Å².